The van der Waals surface area contributed by atoms with E-state index in [0.717, 1.165) is 0 Å². The van der Waals surface area contributed by atoms with Crippen molar-refractivity contribution in [3.63, 3.8) is 0 Å². The number of halogens is 2. The Morgan fingerprint density at radius 3 is 2.07 bits per heavy atom. The Morgan fingerprint density at radius 2 is 1.60 bits per heavy atom. The fourth-order valence-electron chi connectivity index (χ4n) is 1.51. The van der Waals surface area contributed by atoms with Crippen molar-refractivity contribution in [1.29, 1.82) is 0 Å². The van der Waals surface area contributed by atoms with Crippen molar-refractivity contribution < 1.29 is 11.7 Å². The summed E-state index contributed by atoms with van der Waals surface area (Å²) in [5, 5.41) is 0. The molecule has 0 amide bonds. The first kappa shape index (κ1) is 14.2. The van der Waals surface area contributed by atoms with Gasteiger partial charge in [0.2, 0.25) is 0 Å². The molecule has 1 aromatic carbocycles. The summed E-state index contributed by atoms with van der Waals surface area (Å²) < 4.78 is 0. The van der Waals surface area contributed by atoms with E-state index >= 15 is 0 Å². The summed E-state index contributed by atoms with van der Waals surface area (Å²) in [4.78, 5) is 0. The van der Waals surface area contributed by atoms with Crippen LogP contribution >= 0.6 is 38.4 Å². The normalized spacial score (nSPS) is 12.7. The molecule has 0 heterocycles. The molecule has 0 saturated heterocycles. The number of hydrogen-bond acceptors (Lipinski definition) is 0. The monoisotopic (exact) mass is 459 g/mol. The zero-order valence-electron chi connectivity index (χ0n) is 8.80. The molecule has 0 nitrogen and oxygen atoms in total. The Kier molecular flexibility index (Phi) is 7.06. The third-order valence-corrected chi connectivity index (χ3v) is 2.31. The Balaban J connectivity index is 0.000000337. The number of rotatable bonds is 1. The van der Waals surface area contributed by atoms with Crippen molar-refractivity contribution in [3.8, 4) is 0 Å². The van der Waals surface area contributed by atoms with Crippen LogP contribution in [0.3, 0.4) is 0 Å². The Labute approximate surface area is 122 Å². The van der Waals surface area contributed by atoms with E-state index in [1.807, 2.05) is 0 Å². The summed E-state index contributed by atoms with van der Waals surface area (Å²) in [6.45, 7) is 4.46. The zero-order valence-corrected chi connectivity index (χ0v) is 14.7. The zero-order chi connectivity index (χ0) is 11.3. The molecule has 0 fully saturated rings. The van der Waals surface area contributed by atoms with Crippen molar-refractivity contribution >= 4 is 44.5 Å². The second-order valence-electron chi connectivity index (χ2n) is 3.64. The van der Waals surface area contributed by atoms with Gasteiger partial charge in [-0.15, -0.1) is 0 Å². The Morgan fingerprint density at radius 1 is 1.07 bits per heavy atom. The first-order valence-electron chi connectivity index (χ1n) is 4.80. The van der Waals surface area contributed by atoms with Gasteiger partial charge in [0.05, 0.1) is 0 Å². The molecule has 0 unspecified atom stereocenters. The van der Waals surface area contributed by atoms with Gasteiger partial charge in [-0.05, 0) is 17.0 Å². The van der Waals surface area contributed by atoms with Crippen LogP contribution in [-0.2, 0) is 11.7 Å². The molecule has 0 saturated carbocycles. The van der Waals surface area contributed by atoms with E-state index in [1.165, 1.54) is 16.7 Å². The summed E-state index contributed by atoms with van der Waals surface area (Å²) in [5.74, 6) is 0.636. The third-order valence-electron chi connectivity index (χ3n) is 2.31. The van der Waals surface area contributed by atoms with E-state index in [0.29, 0.717) is 17.6 Å². The molecule has 15 heavy (non-hydrogen) atoms. The first-order valence-corrected chi connectivity index (χ1v) is 14.9. The van der Waals surface area contributed by atoms with E-state index in [9.17, 15) is 0 Å². The topological polar surface area (TPSA) is 0 Å². The van der Waals surface area contributed by atoms with Crippen molar-refractivity contribution in [2.45, 2.75) is 13.8 Å². The van der Waals surface area contributed by atoms with Crippen molar-refractivity contribution in [1.82, 2.24) is 0 Å². The van der Waals surface area contributed by atoms with Crippen LogP contribution in [0.5, 0.6) is 0 Å². The molecule has 0 N–H and O–H groups in total. The molecular formula is C12H13I2Ti. The quantitative estimate of drug-likeness (QED) is 0.407. The predicted molar refractivity (Wildman–Crippen MR) is 80.7 cm³/mol. The summed E-state index contributed by atoms with van der Waals surface area (Å²) in [6, 6.07) is 8.52. The maximum atomic E-state index is 2.40. The molecule has 3 heteroatoms. The molecule has 0 aromatic heterocycles. The number of hydrogen-bond donors (Lipinski definition) is 0. The van der Waals surface area contributed by atoms with E-state index < -0.39 is 0 Å². The van der Waals surface area contributed by atoms with Crippen molar-refractivity contribution in [2.75, 3.05) is 0 Å². The summed E-state index contributed by atoms with van der Waals surface area (Å²) in [7, 11) is 0. The Hall–Kier alpha value is 1.13. The minimum absolute atomic E-state index is 0.440. The van der Waals surface area contributed by atoms with Gasteiger partial charge in [-0.1, -0.05) is 49.8 Å². The molecule has 0 bridgehead atoms. The fourth-order valence-corrected chi connectivity index (χ4v) is 1.51. The van der Waals surface area contributed by atoms with Crippen LogP contribution in [0.4, 0.5) is 0 Å². The van der Waals surface area contributed by atoms with Gasteiger partial charge >= 0.3 is 50.0 Å². The van der Waals surface area contributed by atoms with Gasteiger partial charge in [-0.2, -0.15) is 0 Å². The molecule has 1 aliphatic rings. The maximum absolute atomic E-state index is 2.40. The van der Waals surface area contributed by atoms with Crippen LogP contribution in [-0.4, -0.2) is 0 Å². The predicted octanol–water partition coefficient (Wildman–Crippen LogP) is 5.06. The molecule has 0 aliphatic heterocycles. The number of allylic oxidation sites excluding steroid dienone is 1. The van der Waals surface area contributed by atoms with Gasteiger partial charge in [0, 0.05) is 6.42 Å². The average molecular weight is 459 g/mol. The molecule has 0 spiro atoms. The van der Waals surface area contributed by atoms with Crippen LogP contribution in [0.25, 0.3) is 6.08 Å². The van der Waals surface area contributed by atoms with Gasteiger partial charge in [-0.3, -0.25) is 0 Å². The fraction of sp³-hybridized carbons (Fsp3) is 0.250. The van der Waals surface area contributed by atoms with Gasteiger partial charge in [0.1, 0.15) is 0 Å². The van der Waals surface area contributed by atoms with Crippen LogP contribution in [0.1, 0.15) is 25.0 Å². The van der Waals surface area contributed by atoms with Crippen molar-refractivity contribution in [3.05, 3.63) is 47.4 Å². The van der Waals surface area contributed by atoms with Gasteiger partial charge < -0.3 is 0 Å². The van der Waals surface area contributed by atoms with E-state index in [4.69, 9.17) is 0 Å². The van der Waals surface area contributed by atoms with Crippen LogP contribution in [0, 0.1) is 12.3 Å². The van der Waals surface area contributed by atoms with E-state index in [1.54, 1.807) is 0 Å². The second kappa shape index (κ2) is 7.46. The number of fused-ring (bicyclic) bond motifs is 1. The third kappa shape index (κ3) is 4.48. The molecule has 2 rings (SSSR count). The van der Waals surface area contributed by atoms with Gasteiger partial charge in [0.25, 0.3) is 0 Å². The van der Waals surface area contributed by atoms with Gasteiger partial charge in [0.15, 0.2) is 0 Å². The molecule has 79 valence electrons. The Bertz CT molecular complexity index is 345. The van der Waals surface area contributed by atoms with Gasteiger partial charge in [-0.25, -0.2) is 0 Å². The molecule has 1 radical (unpaired) electrons. The molecule has 1 aliphatic carbocycles. The number of benzene rings is 1. The minimum atomic E-state index is 0.440. The molecule has 0 atom stereocenters. The first-order chi connectivity index (χ1) is 7.19. The van der Waals surface area contributed by atoms with E-state index in [-0.39, 0.29) is 0 Å². The SMILES string of the molecule is CC(C)C1=Cc2ccccc2[CH]1.[I][Ti][I]. The van der Waals surface area contributed by atoms with E-state index in [2.05, 4.69) is 89.0 Å². The van der Waals surface area contributed by atoms with Crippen LogP contribution in [0.15, 0.2) is 29.8 Å². The average Bonchev–Trinajstić information content (AvgIpc) is 2.62. The second-order valence-corrected chi connectivity index (χ2v) is 16.8. The molecule has 1 aromatic rings. The van der Waals surface area contributed by atoms with Crippen molar-refractivity contribution in [2.24, 2.45) is 5.92 Å². The van der Waals surface area contributed by atoms with Crippen LogP contribution < -0.4 is 0 Å². The summed E-state index contributed by atoms with van der Waals surface area (Å²) in [5.41, 5.74) is 4.17. The molecular weight excluding hydrogens is 446 g/mol. The standard InChI is InChI=1S/C12H13.2HI.Ti/c1-9(2)12-7-10-5-3-4-6-11(10)8-12;;;/h3-9H,1-2H3;2*1H;/q;;;+2/p-2. The summed E-state index contributed by atoms with van der Waals surface area (Å²) >= 11 is 5.24. The summed E-state index contributed by atoms with van der Waals surface area (Å²) in [6.07, 6.45) is 4.56. The van der Waals surface area contributed by atoms with Crippen LogP contribution in [0.2, 0.25) is 0 Å².